The molecule has 0 bridgehead atoms. The number of rotatable bonds is 10. The van der Waals surface area contributed by atoms with Crippen LogP contribution in [0.25, 0.3) is 10.1 Å². The minimum absolute atomic E-state index is 0.0821. The van der Waals surface area contributed by atoms with Gasteiger partial charge in [-0.3, -0.25) is 0 Å². The van der Waals surface area contributed by atoms with Crippen LogP contribution in [0.3, 0.4) is 0 Å². The maximum absolute atomic E-state index is 13.9. The third kappa shape index (κ3) is 5.82. The van der Waals surface area contributed by atoms with Gasteiger partial charge in [-0.25, -0.2) is 18.2 Å². The van der Waals surface area contributed by atoms with Crippen LogP contribution in [-0.2, 0) is 34.4 Å². The second kappa shape index (κ2) is 11.8. The summed E-state index contributed by atoms with van der Waals surface area (Å²) in [6.45, 7) is 2.69. The van der Waals surface area contributed by atoms with Crippen LogP contribution in [0, 0.1) is 11.3 Å². The molecule has 0 aliphatic rings. The molecule has 202 valence electrons. The Balaban J connectivity index is 1.50. The molecule has 0 N–H and O–H groups in total. The van der Waals surface area contributed by atoms with Gasteiger partial charge in [0.1, 0.15) is 4.88 Å². The lowest BCUT2D eigenvalue weighted by atomic mass is 10.1. The van der Waals surface area contributed by atoms with Gasteiger partial charge in [0.25, 0.3) is 0 Å². The number of hydrogen-bond acceptors (Lipinski definition) is 7. The highest BCUT2D eigenvalue weighted by Gasteiger charge is 2.27. The van der Waals surface area contributed by atoms with Crippen LogP contribution in [-0.4, -0.2) is 34.9 Å². The van der Waals surface area contributed by atoms with E-state index in [1.54, 1.807) is 68.0 Å². The molecule has 0 amide bonds. The predicted octanol–water partition coefficient (Wildman–Crippen LogP) is 5.59. The first-order valence-corrected chi connectivity index (χ1v) is 14.9. The Labute approximate surface area is 236 Å². The largest absolute Gasteiger partial charge is 0.462 e. The van der Waals surface area contributed by atoms with Gasteiger partial charge in [0.2, 0.25) is 10.0 Å². The van der Waals surface area contributed by atoms with Crippen molar-refractivity contribution in [1.29, 1.82) is 5.26 Å². The number of hydrogen-bond donors (Lipinski definition) is 0. The van der Waals surface area contributed by atoms with E-state index in [-0.39, 0.29) is 24.6 Å². The standard InChI is InChI=1S/C30H26N4O4S2/c1-2-38-30(35)29-15-27-24(7-6-10-28(27)39-29)19-34(40(36,37)26-8-4-3-5-9-26)20-25-17-32-21-33(25)18-23-13-11-22(16-31)12-14-23/h3-15,17,21H,2,18-20H2,1H3. The van der Waals surface area contributed by atoms with Crippen molar-refractivity contribution < 1.29 is 17.9 Å². The molecule has 0 unspecified atom stereocenters. The highest BCUT2D eigenvalue weighted by Crippen LogP contribution is 2.31. The summed E-state index contributed by atoms with van der Waals surface area (Å²) in [5.41, 5.74) is 3.03. The maximum atomic E-state index is 13.9. The van der Waals surface area contributed by atoms with Crippen molar-refractivity contribution >= 4 is 37.4 Å². The van der Waals surface area contributed by atoms with Gasteiger partial charge in [-0.1, -0.05) is 42.5 Å². The van der Waals surface area contributed by atoms with Crippen LogP contribution in [0.1, 0.15) is 39.0 Å². The van der Waals surface area contributed by atoms with Gasteiger partial charge in [0.05, 0.1) is 41.7 Å². The van der Waals surface area contributed by atoms with E-state index in [9.17, 15) is 13.2 Å². The van der Waals surface area contributed by atoms with Crippen molar-refractivity contribution in [2.45, 2.75) is 31.5 Å². The highest BCUT2D eigenvalue weighted by atomic mass is 32.2. The van der Waals surface area contributed by atoms with Gasteiger partial charge in [0.15, 0.2) is 0 Å². The van der Waals surface area contributed by atoms with Crippen molar-refractivity contribution in [3.63, 3.8) is 0 Å². The molecule has 40 heavy (non-hydrogen) atoms. The number of thiophene rings is 1. The Kier molecular flexibility index (Phi) is 8.07. The molecule has 2 aromatic heterocycles. The first kappa shape index (κ1) is 27.3. The van der Waals surface area contributed by atoms with Gasteiger partial charge in [-0.2, -0.15) is 9.57 Å². The molecule has 0 aliphatic heterocycles. The average molecular weight is 571 g/mol. The number of esters is 1. The number of carbonyl (C=O) groups is 1. The molecule has 0 spiro atoms. The molecular weight excluding hydrogens is 544 g/mol. The Morgan fingerprint density at radius 2 is 1.82 bits per heavy atom. The lowest BCUT2D eigenvalue weighted by Gasteiger charge is -2.23. The van der Waals surface area contributed by atoms with E-state index in [0.29, 0.717) is 22.7 Å². The number of imidazole rings is 1. The van der Waals surface area contributed by atoms with E-state index in [2.05, 4.69) is 11.1 Å². The molecule has 0 saturated carbocycles. The second-order valence-corrected chi connectivity index (χ2v) is 12.1. The van der Waals surface area contributed by atoms with Gasteiger partial charge in [-0.15, -0.1) is 11.3 Å². The normalized spacial score (nSPS) is 11.5. The number of nitrogens with zero attached hydrogens (tertiary/aromatic N) is 4. The SMILES string of the molecule is CCOC(=O)c1cc2c(CN(Cc3cncn3Cc3ccc(C#N)cc3)S(=O)(=O)c3ccccc3)cccc2s1. The topological polar surface area (TPSA) is 105 Å². The Bertz CT molecular complexity index is 1790. The molecule has 10 heteroatoms. The van der Waals surface area contributed by atoms with Crippen molar-refractivity contribution in [3.05, 3.63) is 119 Å². The zero-order valence-corrected chi connectivity index (χ0v) is 23.4. The third-order valence-corrected chi connectivity index (χ3v) is 9.32. The van der Waals surface area contributed by atoms with Crippen LogP contribution in [0.2, 0.25) is 0 Å². The molecule has 0 radical (unpaired) electrons. The van der Waals surface area contributed by atoms with E-state index >= 15 is 0 Å². The summed E-state index contributed by atoms with van der Waals surface area (Å²) in [6, 6.07) is 25.1. The summed E-state index contributed by atoms with van der Waals surface area (Å²) < 4.78 is 37.3. The minimum Gasteiger partial charge on any atom is -0.462 e. The van der Waals surface area contributed by atoms with Crippen molar-refractivity contribution in [3.8, 4) is 6.07 Å². The summed E-state index contributed by atoms with van der Waals surface area (Å²) in [5.74, 6) is -0.393. The number of aromatic nitrogens is 2. The molecule has 5 rings (SSSR count). The fourth-order valence-corrected chi connectivity index (χ4v) is 6.82. The second-order valence-electron chi connectivity index (χ2n) is 9.07. The number of carbonyl (C=O) groups excluding carboxylic acids is 1. The summed E-state index contributed by atoms with van der Waals surface area (Å²) in [5, 5.41) is 9.90. The number of sulfonamides is 1. The van der Waals surface area contributed by atoms with E-state index in [0.717, 1.165) is 21.2 Å². The predicted molar refractivity (Wildman–Crippen MR) is 153 cm³/mol. The lowest BCUT2D eigenvalue weighted by Crippen LogP contribution is -2.31. The zero-order valence-electron chi connectivity index (χ0n) is 21.7. The summed E-state index contributed by atoms with van der Waals surface area (Å²) in [6.07, 6.45) is 3.34. The summed E-state index contributed by atoms with van der Waals surface area (Å²) in [4.78, 5) is 17.3. The van der Waals surface area contributed by atoms with Gasteiger partial charge < -0.3 is 9.30 Å². The molecule has 3 aromatic carbocycles. The molecule has 8 nitrogen and oxygen atoms in total. The van der Waals surface area contributed by atoms with Gasteiger partial charge in [-0.05, 0) is 59.8 Å². The summed E-state index contributed by atoms with van der Waals surface area (Å²) in [7, 11) is -3.89. The molecule has 0 saturated heterocycles. The van der Waals surface area contributed by atoms with Crippen LogP contribution in [0.15, 0.2) is 96.3 Å². The number of nitriles is 1. The van der Waals surface area contributed by atoms with Crippen molar-refractivity contribution in [2.24, 2.45) is 0 Å². The number of fused-ring (bicyclic) bond motifs is 1. The molecule has 0 atom stereocenters. The first-order chi connectivity index (χ1) is 19.4. The Morgan fingerprint density at radius 1 is 1.05 bits per heavy atom. The van der Waals surface area contributed by atoms with E-state index in [1.165, 1.54) is 15.6 Å². The monoisotopic (exact) mass is 570 g/mol. The molecule has 5 aromatic rings. The Hall–Kier alpha value is -4.30. The smallest absolute Gasteiger partial charge is 0.348 e. The third-order valence-electron chi connectivity index (χ3n) is 6.43. The maximum Gasteiger partial charge on any atom is 0.348 e. The molecular formula is C30H26N4O4S2. The average Bonchev–Trinajstić information content (AvgIpc) is 3.61. The lowest BCUT2D eigenvalue weighted by molar-refractivity contribution is 0.0532. The van der Waals surface area contributed by atoms with Crippen LogP contribution >= 0.6 is 11.3 Å². The number of benzene rings is 3. The molecule has 0 fully saturated rings. The fourth-order valence-electron chi connectivity index (χ4n) is 4.40. The van der Waals surface area contributed by atoms with Gasteiger partial charge >= 0.3 is 5.97 Å². The Morgan fingerprint density at radius 3 is 2.55 bits per heavy atom. The zero-order chi connectivity index (χ0) is 28.1. The summed E-state index contributed by atoms with van der Waals surface area (Å²) >= 11 is 1.33. The minimum atomic E-state index is -3.89. The van der Waals surface area contributed by atoms with Crippen molar-refractivity contribution in [1.82, 2.24) is 13.9 Å². The quantitative estimate of drug-likeness (QED) is 0.203. The van der Waals surface area contributed by atoms with Gasteiger partial charge in [0, 0.05) is 24.0 Å². The van der Waals surface area contributed by atoms with E-state index < -0.39 is 16.0 Å². The number of ether oxygens (including phenoxy) is 1. The van der Waals surface area contributed by atoms with E-state index in [1.807, 2.05) is 34.9 Å². The molecule has 0 aliphatic carbocycles. The fraction of sp³-hybridized carbons (Fsp3) is 0.167. The van der Waals surface area contributed by atoms with E-state index in [4.69, 9.17) is 10.00 Å². The highest BCUT2D eigenvalue weighted by molar-refractivity contribution is 7.89. The van der Waals surface area contributed by atoms with Crippen molar-refractivity contribution in [2.75, 3.05) is 6.61 Å². The van der Waals surface area contributed by atoms with Crippen LogP contribution < -0.4 is 0 Å². The van der Waals surface area contributed by atoms with Crippen LogP contribution in [0.5, 0.6) is 0 Å². The molecule has 2 heterocycles. The van der Waals surface area contributed by atoms with Crippen LogP contribution in [0.4, 0.5) is 0 Å². The first-order valence-electron chi connectivity index (χ1n) is 12.6.